The summed E-state index contributed by atoms with van der Waals surface area (Å²) in [6.45, 7) is 3.16. The van der Waals surface area contributed by atoms with Crippen molar-refractivity contribution in [3.63, 3.8) is 0 Å². The number of nitrogens with zero attached hydrogens (tertiary/aromatic N) is 2. The van der Waals surface area contributed by atoms with Gasteiger partial charge >= 0.3 is 6.09 Å². The highest BCUT2D eigenvalue weighted by molar-refractivity contribution is 5.68. The first-order valence-corrected chi connectivity index (χ1v) is 5.94. The fraction of sp³-hybridized carbons (Fsp3) is 0.909. The van der Waals surface area contributed by atoms with Gasteiger partial charge in [-0.05, 0) is 40.0 Å². The molecule has 16 heavy (non-hydrogen) atoms. The van der Waals surface area contributed by atoms with E-state index in [2.05, 4.69) is 4.90 Å². The molecule has 1 aliphatic rings. The molecule has 0 bridgehead atoms. The summed E-state index contributed by atoms with van der Waals surface area (Å²) in [6, 6.07) is 0. The standard InChI is InChI=1S/C11H23N3O2/c1-13(2)7-3-8-14-9-5-10(4-6-12)16-11(14)15/h10H,3-9,12H2,1-2H3. The number of nitrogens with two attached hydrogens (primary N) is 1. The van der Waals surface area contributed by atoms with Gasteiger partial charge in [0, 0.05) is 19.5 Å². The van der Waals surface area contributed by atoms with Gasteiger partial charge < -0.3 is 20.3 Å². The Labute approximate surface area is 97.5 Å². The van der Waals surface area contributed by atoms with Crippen LogP contribution in [0.4, 0.5) is 4.79 Å². The zero-order chi connectivity index (χ0) is 12.0. The molecule has 0 radical (unpaired) electrons. The van der Waals surface area contributed by atoms with E-state index in [1.165, 1.54) is 0 Å². The Hall–Kier alpha value is -0.810. The molecule has 0 aromatic heterocycles. The number of ether oxygens (including phenoxy) is 1. The summed E-state index contributed by atoms with van der Waals surface area (Å²) in [4.78, 5) is 15.5. The Morgan fingerprint density at radius 2 is 2.31 bits per heavy atom. The fourth-order valence-corrected chi connectivity index (χ4v) is 1.84. The maximum atomic E-state index is 11.6. The van der Waals surface area contributed by atoms with Crippen molar-refractivity contribution in [3.05, 3.63) is 0 Å². The Morgan fingerprint density at radius 3 is 2.88 bits per heavy atom. The van der Waals surface area contributed by atoms with Gasteiger partial charge in [0.2, 0.25) is 0 Å². The van der Waals surface area contributed by atoms with Gasteiger partial charge in [-0.3, -0.25) is 0 Å². The van der Waals surface area contributed by atoms with Crippen LogP contribution in [0.3, 0.4) is 0 Å². The molecule has 0 aromatic rings. The van der Waals surface area contributed by atoms with Gasteiger partial charge in [-0.25, -0.2) is 4.79 Å². The third-order valence-corrected chi connectivity index (χ3v) is 2.77. The minimum atomic E-state index is -0.177. The van der Waals surface area contributed by atoms with E-state index in [-0.39, 0.29) is 12.2 Å². The normalized spacial score (nSPS) is 21.4. The van der Waals surface area contributed by atoms with Crippen LogP contribution in [0.25, 0.3) is 0 Å². The Bertz CT molecular complexity index is 221. The predicted octanol–water partition coefficient (Wildman–Crippen LogP) is 0.498. The summed E-state index contributed by atoms with van der Waals surface area (Å²) in [5.74, 6) is 0. The smallest absolute Gasteiger partial charge is 0.410 e. The summed E-state index contributed by atoms with van der Waals surface area (Å²) >= 11 is 0. The maximum absolute atomic E-state index is 11.6. The first-order chi connectivity index (χ1) is 7.63. The first-order valence-electron chi connectivity index (χ1n) is 5.94. The van der Waals surface area contributed by atoms with Gasteiger partial charge in [0.1, 0.15) is 6.10 Å². The van der Waals surface area contributed by atoms with Crippen LogP contribution in [0.15, 0.2) is 0 Å². The molecule has 0 aliphatic carbocycles. The zero-order valence-electron chi connectivity index (χ0n) is 10.3. The second kappa shape index (κ2) is 6.70. The van der Waals surface area contributed by atoms with Gasteiger partial charge in [-0.1, -0.05) is 0 Å². The summed E-state index contributed by atoms with van der Waals surface area (Å²) in [6.07, 6.45) is 2.53. The highest BCUT2D eigenvalue weighted by atomic mass is 16.6. The predicted molar refractivity (Wildman–Crippen MR) is 63.3 cm³/mol. The van der Waals surface area contributed by atoms with Gasteiger partial charge in [-0.2, -0.15) is 0 Å². The van der Waals surface area contributed by atoms with Crippen LogP contribution in [0.5, 0.6) is 0 Å². The lowest BCUT2D eigenvalue weighted by atomic mass is 10.1. The molecule has 0 spiro atoms. The second-order valence-corrected chi connectivity index (χ2v) is 4.52. The third kappa shape index (κ3) is 4.37. The molecule has 5 heteroatoms. The summed E-state index contributed by atoms with van der Waals surface area (Å²) in [7, 11) is 4.07. The molecular weight excluding hydrogens is 206 g/mol. The molecular formula is C11H23N3O2. The molecule has 94 valence electrons. The van der Waals surface area contributed by atoms with Crippen molar-refractivity contribution < 1.29 is 9.53 Å². The topological polar surface area (TPSA) is 58.8 Å². The van der Waals surface area contributed by atoms with E-state index >= 15 is 0 Å². The zero-order valence-corrected chi connectivity index (χ0v) is 10.3. The first kappa shape index (κ1) is 13.3. The lowest BCUT2D eigenvalue weighted by Crippen LogP contribution is -2.43. The second-order valence-electron chi connectivity index (χ2n) is 4.52. The summed E-state index contributed by atoms with van der Waals surface area (Å²) in [5, 5.41) is 0. The highest BCUT2D eigenvalue weighted by Crippen LogP contribution is 2.14. The van der Waals surface area contributed by atoms with Gasteiger partial charge in [0.25, 0.3) is 0 Å². The van der Waals surface area contributed by atoms with Gasteiger partial charge in [0.05, 0.1) is 0 Å². The lowest BCUT2D eigenvalue weighted by molar-refractivity contribution is 0.0219. The van der Waals surface area contributed by atoms with E-state index in [0.29, 0.717) is 6.54 Å². The summed E-state index contributed by atoms with van der Waals surface area (Å²) < 4.78 is 5.29. The van der Waals surface area contributed by atoms with Gasteiger partial charge in [-0.15, -0.1) is 0 Å². The molecule has 1 amide bonds. The van der Waals surface area contributed by atoms with E-state index in [4.69, 9.17) is 10.5 Å². The average Bonchev–Trinajstić information content (AvgIpc) is 2.21. The Kier molecular flexibility index (Phi) is 5.55. The van der Waals surface area contributed by atoms with Crippen molar-refractivity contribution in [2.75, 3.05) is 40.3 Å². The average molecular weight is 229 g/mol. The Balaban J connectivity index is 2.22. The van der Waals surface area contributed by atoms with Crippen molar-refractivity contribution in [1.82, 2.24) is 9.80 Å². The van der Waals surface area contributed by atoms with Crippen LogP contribution < -0.4 is 5.73 Å². The highest BCUT2D eigenvalue weighted by Gasteiger charge is 2.25. The van der Waals surface area contributed by atoms with Crippen molar-refractivity contribution in [2.45, 2.75) is 25.4 Å². The minimum Gasteiger partial charge on any atom is -0.446 e. The van der Waals surface area contributed by atoms with Crippen molar-refractivity contribution in [3.8, 4) is 0 Å². The number of hydrogen-bond donors (Lipinski definition) is 1. The molecule has 1 unspecified atom stereocenters. The fourth-order valence-electron chi connectivity index (χ4n) is 1.84. The SMILES string of the molecule is CN(C)CCCN1CCC(CCN)OC1=O. The van der Waals surface area contributed by atoms with Crippen LogP contribution >= 0.6 is 0 Å². The van der Waals surface area contributed by atoms with Crippen LogP contribution in [0, 0.1) is 0 Å². The molecule has 2 N–H and O–H groups in total. The van der Waals surface area contributed by atoms with Crippen LogP contribution in [0.1, 0.15) is 19.3 Å². The van der Waals surface area contributed by atoms with Crippen LogP contribution in [-0.2, 0) is 4.74 Å². The van der Waals surface area contributed by atoms with Crippen molar-refractivity contribution in [2.24, 2.45) is 5.73 Å². The molecule has 1 fully saturated rings. The quantitative estimate of drug-likeness (QED) is 0.720. The summed E-state index contributed by atoms with van der Waals surface area (Å²) in [5.41, 5.74) is 5.44. The number of carbonyl (C=O) groups is 1. The lowest BCUT2D eigenvalue weighted by Gasteiger charge is -2.31. The molecule has 1 heterocycles. The number of amides is 1. The molecule has 0 saturated carbocycles. The number of hydrogen-bond acceptors (Lipinski definition) is 4. The van der Waals surface area contributed by atoms with Crippen molar-refractivity contribution >= 4 is 6.09 Å². The monoisotopic (exact) mass is 229 g/mol. The van der Waals surface area contributed by atoms with E-state index in [1.807, 2.05) is 14.1 Å². The minimum absolute atomic E-state index is 0.0302. The van der Waals surface area contributed by atoms with Gasteiger partial charge in [0.15, 0.2) is 0 Å². The molecule has 0 aromatic carbocycles. The molecule has 1 saturated heterocycles. The largest absolute Gasteiger partial charge is 0.446 e. The van der Waals surface area contributed by atoms with Crippen LogP contribution in [-0.4, -0.2) is 62.3 Å². The molecule has 5 nitrogen and oxygen atoms in total. The van der Waals surface area contributed by atoms with Crippen molar-refractivity contribution in [1.29, 1.82) is 0 Å². The number of rotatable bonds is 6. The third-order valence-electron chi connectivity index (χ3n) is 2.77. The number of cyclic esters (lactones) is 1. The maximum Gasteiger partial charge on any atom is 0.410 e. The van der Waals surface area contributed by atoms with E-state index < -0.39 is 0 Å². The van der Waals surface area contributed by atoms with E-state index in [9.17, 15) is 4.79 Å². The molecule has 1 rings (SSSR count). The number of carbonyl (C=O) groups excluding carboxylic acids is 1. The molecule has 1 atom stereocenters. The Morgan fingerprint density at radius 1 is 1.56 bits per heavy atom. The molecule has 1 aliphatic heterocycles. The van der Waals surface area contributed by atoms with E-state index in [0.717, 1.165) is 38.9 Å². The van der Waals surface area contributed by atoms with Crippen LogP contribution in [0.2, 0.25) is 0 Å². The van der Waals surface area contributed by atoms with E-state index in [1.54, 1.807) is 4.90 Å².